The van der Waals surface area contributed by atoms with Gasteiger partial charge in [0.25, 0.3) is 0 Å². The van der Waals surface area contributed by atoms with Gasteiger partial charge in [-0.25, -0.2) is 4.39 Å². The first kappa shape index (κ1) is 23.1. The number of carbonyl (C=O) groups is 1. The fourth-order valence-electron chi connectivity index (χ4n) is 3.74. The quantitative estimate of drug-likeness (QED) is 0.285. The van der Waals surface area contributed by atoms with Crippen molar-refractivity contribution < 1.29 is 22.4 Å². The number of nitrogens with zero attached hydrogens (tertiary/aromatic N) is 2. The summed E-state index contributed by atoms with van der Waals surface area (Å²) < 4.78 is 52.3. The first-order chi connectivity index (χ1) is 14.0. The van der Waals surface area contributed by atoms with Gasteiger partial charge in [-0.15, -0.1) is 0 Å². The van der Waals surface area contributed by atoms with Crippen molar-refractivity contribution in [3.63, 3.8) is 0 Å². The highest BCUT2D eigenvalue weighted by Gasteiger charge is 2.38. The van der Waals surface area contributed by atoms with Crippen LogP contribution in [-0.2, 0) is 12.7 Å². The number of likely N-dealkylation sites (N-methyl/N-ethyl adjacent to an activating group) is 1. The SMILES string of the molecule is CN(Cc1ccc(C(F)(F)F)c(F)c1)[C@H]1CN(C(=O)Cl)C[C@@H]1c1ccc(Cl)c(Cl)c1. The molecule has 0 aromatic heterocycles. The predicted molar refractivity (Wildman–Crippen MR) is 109 cm³/mol. The third-order valence-electron chi connectivity index (χ3n) is 5.25. The van der Waals surface area contributed by atoms with Gasteiger partial charge >= 0.3 is 11.5 Å². The van der Waals surface area contributed by atoms with Crippen LogP contribution >= 0.6 is 34.8 Å². The van der Waals surface area contributed by atoms with Crippen LogP contribution in [0.2, 0.25) is 10.0 Å². The van der Waals surface area contributed by atoms with Crippen LogP contribution in [0.1, 0.15) is 22.6 Å². The molecule has 2 atom stereocenters. The summed E-state index contributed by atoms with van der Waals surface area (Å²) in [6.45, 7) is 0.839. The highest BCUT2D eigenvalue weighted by molar-refractivity contribution is 6.62. The van der Waals surface area contributed by atoms with Crippen molar-refractivity contribution >= 4 is 40.2 Å². The van der Waals surface area contributed by atoms with Crippen LogP contribution in [0.4, 0.5) is 22.4 Å². The van der Waals surface area contributed by atoms with Crippen molar-refractivity contribution in [1.82, 2.24) is 9.80 Å². The lowest BCUT2D eigenvalue weighted by Crippen LogP contribution is -2.37. The van der Waals surface area contributed by atoms with Gasteiger partial charge < -0.3 is 4.90 Å². The maximum absolute atomic E-state index is 13.9. The maximum atomic E-state index is 13.9. The molecule has 1 aliphatic rings. The molecule has 0 spiro atoms. The number of amides is 1. The van der Waals surface area contributed by atoms with E-state index in [1.165, 1.54) is 11.0 Å². The third-order valence-corrected chi connectivity index (χ3v) is 6.22. The Balaban J connectivity index is 1.84. The van der Waals surface area contributed by atoms with Gasteiger partial charge in [0.2, 0.25) is 0 Å². The smallest absolute Gasteiger partial charge is 0.327 e. The summed E-state index contributed by atoms with van der Waals surface area (Å²) in [5.74, 6) is -1.48. The Labute approximate surface area is 186 Å². The maximum Gasteiger partial charge on any atom is 0.419 e. The number of halogens is 7. The van der Waals surface area contributed by atoms with Gasteiger partial charge in [-0.2, -0.15) is 13.2 Å². The molecule has 30 heavy (non-hydrogen) atoms. The van der Waals surface area contributed by atoms with E-state index in [4.69, 9.17) is 34.8 Å². The second kappa shape index (κ2) is 8.91. The second-order valence-corrected chi connectivity index (χ2v) is 8.37. The molecule has 1 aliphatic heterocycles. The first-order valence-corrected chi connectivity index (χ1v) is 10.1. The van der Waals surface area contributed by atoms with E-state index in [9.17, 15) is 22.4 Å². The summed E-state index contributed by atoms with van der Waals surface area (Å²) in [6, 6.07) is 7.83. The number of benzene rings is 2. The number of rotatable bonds is 4. The first-order valence-electron chi connectivity index (χ1n) is 8.92. The van der Waals surface area contributed by atoms with Crippen molar-refractivity contribution in [2.75, 3.05) is 20.1 Å². The van der Waals surface area contributed by atoms with E-state index in [-0.39, 0.29) is 18.5 Å². The topological polar surface area (TPSA) is 23.6 Å². The molecule has 0 saturated carbocycles. The Morgan fingerprint density at radius 3 is 2.40 bits per heavy atom. The molecule has 1 heterocycles. The van der Waals surface area contributed by atoms with E-state index in [1.54, 1.807) is 25.2 Å². The zero-order valence-electron chi connectivity index (χ0n) is 15.7. The molecule has 0 aliphatic carbocycles. The lowest BCUT2D eigenvalue weighted by molar-refractivity contribution is -0.140. The molecule has 0 N–H and O–H groups in total. The highest BCUT2D eigenvalue weighted by atomic mass is 35.5. The molecule has 2 aromatic carbocycles. The van der Waals surface area contributed by atoms with E-state index in [0.717, 1.165) is 17.7 Å². The molecule has 0 radical (unpaired) electrons. The lowest BCUT2D eigenvalue weighted by Gasteiger charge is -2.29. The number of alkyl halides is 3. The van der Waals surface area contributed by atoms with E-state index in [0.29, 0.717) is 28.7 Å². The fraction of sp³-hybridized carbons (Fsp3) is 0.350. The van der Waals surface area contributed by atoms with Crippen molar-refractivity contribution in [2.45, 2.75) is 24.7 Å². The second-order valence-electron chi connectivity index (χ2n) is 7.23. The zero-order chi connectivity index (χ0) is 22.2. The van der Waals surface area contributed by atoms with Gasteiger partial charge in [0.05, 0.1) is 15.6 Å². The van der Waals surface area contributed by atoms with Gasteiger partial charge in [-0.1, -0.05) is 35.3 Å². The standard InChI is InChI=1S/C20H17Cl3F4N2O/c1-28(8-11-2-4-14(17(24)6-11)20(25,26)27)18-10-29(19(23)30)9-13(18)12-3-5-15(21)16(22)7-12/h2-7,13,18H,8-10H2,1H3/t13-,18+/m1/s1. The molecule has 1 fully saturated rings. The van der Waals surface area contributed by atoms with E-state index < -0.39 is 22.9 Å². The van der Waals surface area contributed by atoms with Crippen molar-refractivity contribution in [1.29, 1.82) is 0 Å². The van der Waals surface area contributed by atoms with Crippen LogP contribution in [-0.4, -0.2) is 41.3 Å². The van der Waals surface area contributed by atoms with Crippen molar-refractivity contribution in [3.05, 3.63) is 69.0 Å². The highest BCUT2D eigenvalue weighted by Crippen LogP contribution is 2.36. The van der Waals surface area contributed by atoms with Gasteiger partial charge in [0, 0.05) is 31.6 Å². The van der Waals surface area contributed by atoms with Crippen LogP contribution in [0.25, 0.3) is 0 Å². The molecule has 0 bridgehead atoms. The molecule has 1 amide bonds. The molecule has 10 heteroatoms. The summed E-state index contributed by atoms with van der Waals surface area (Å²) >= 11 is 17.8. The molecule has 3 nitrogen and oxygen atoms in total. The predicted octanol–water partition coefficient (Wildman–Crippen LogP) is 6.41. The van der Waals surface area contributed by atoms with Gasteiger partial charge in [-0.05, 0) is 54.0 Å². The molecule has 2 aromatic rings. The summed E-state index contributed by atoms with van der Waals surface area (Å²) in [4.78, 5) is 15.0. The largest absolute Gasteiger partial charge is 0.419 e. The van der Waals surface area contributed by atoms with Gasteiger partial charge in [0.1, 0.15) is 5.82 Å². The van der Waals surface area contributed by atoms with Crippen molar-refractivity contribution in [2.24, 2.45) is 0 Å². The third kappa shape index (κ3) is 5.02. The van der Waals surface area contributed by atoms with Gasteiger partial charge in [0.15, 0.2) is 0 Å². The minimum atomic E-state index is -4.75. The monoisotopic (exact) mass is 482 g/mol. The van der Waals surface area contributed by atoms with Crippen LogP contribution in [0.3, 0.4) is 0 Å². The molecule has 1 saturated heterocycles. The summed E-state index contributed by atoms with van der Waals surface area (Å²) in [6.07, 6.45) is -4.75. The fourth-order valence-corrected chi connectivity index (χ4v) is 4.18. The average molecular weight is 484 g/mol. The van der Waals surface area contributed by atoms with E-state index >= 15 is 0 Å². The normalized spacial score (nSPS) is 19.6. The minimum Gasteiger partial charge on any atom is -0.327 e. The average Bonchev–Trinajstić information content (AvgIpc) is 3.09. The molecular weight excluding hydrogens is 467 g/mol. The van der Waals surface area contributed by atoms with E-state index in [2.05, 4.69) is 0 Å². The van der Waals surface area contributed by atoms with Crippen molar-refractivity contribution in [3.8, 4) is 0 Å². The number of hydrogen-bond acceptors (Lipinski definition) is 2. The molecule has 162 valence electrons. The Hall–Kier alpha value is -1.54. The summed E-state index contributed by atoms with van der Waals surface area (Å²) in [5, 5.41) is 0.168. The number of likely N-dealkylation sites (tertiary alicyclic amines) is 1. The molecule has 0 unspecified atom stereocenters. The summed E-state index contributed by atoms with van der Waals surface area (Å²) in [7, 11) is 1.76. The zero-order valence-corrected chi connectivity index (χ0v) is 18.0. The van der Waals surface area contributed by atoms with Crippen LogP contribution in [0.5, 0.6) is 0 Å². The van der Waals surface area contributed by atoms with Crippen LogP contribution < -0.4 is 0 Å². The Kier molecular flexibility index (Phi) is 6.87. The Morgan fingerprint density at radius 2 is 1.83 bits per heavy atom. The number of hydrogen-bond donors (Lipinski definition) is 0. The lowest BCUT2D eigenvalue weighted by atomic mass is 9.93. The number of carbonyl (C=O) groups excluding carboxylic acids is 1. The molecule has 3 rings (SSSR count). The van der Waals surface area contributed by atoms with E-state index in [1.807, 2.05) is 4.90 Å². The van der Waals surface area contributed by atoms with Gasteiger partial charge in [-0.3, -0.25) is 9.69 Å². The Morgan fingerprint density at radius 1 is 1.13 bits per heavy atom. The molecular formula is C20H17Cl3F4N2O. The van der Waals surface area contributed by atoms with Crippen LogP contribution in [0, 0.1) is 5.82 Å². The Bertz CT molecular complexity index is 954. The summed E-state index contributed by atoms with van der Waals surface area (Å²) in [5.41, 5.74) is -0.0748. The van der Waals surface area contributed by atoms with Crippen LogP contribution in [0.15, 0.2) is 36.4 Å². The minimum absolute atomic E-state index is 0.160.